The molecule has 2 atom stereocenters. The largest absolute Gasteiger partial charge is 0.327 e. The Morgan fingerprint density at radius 3 is 2.93 bits per heavy atom. The first-order valence-corrected chi connectivity index (χ1v) is 5.59. The summed E-state index contributed by atoms with van der Waals surface area (Å²) in [5, 5.41) is 0. The summed E-state index contributed by atoms with van der Waals surface area (Å²) in [5.41, 5.74) is 7.49. The molecule has 1 aliphatic rings. The van der Waals surface area contributed by atoms with Crippen LogP contribution in [0.15, 0.2) is 24.5 Å². The Morgan fingerprint density at radius 1 is 1.47 bits per heavy atom. The van der Waals surface area contributed by atoms with Crippen LogP contribution in [0.3, 0.4) is 0 Å². The van der Waals surface area contributed by atoms with E-state index in [1.54, 1.807) is 0 Å². The van der Waals surface area contributed by atoms with Crippen molar-refractivity contribution >= 4 is 0 Å². The molecule has 0 spiro atoms. The zero-order valence-corrected chi connectivity index (χ0v) is 9.26. The van der Waals surface area contributed by atoms with Crippen molar-refractivity contribution in [3.63, 3.8) is 0 Å². The molecule has 1 aromatic heterocycles. The van der Waals surface area contributed by atoms with E-state index in [2.05, 4.69) is 29.1 Å². The molecule has 1 saturated heterocycles. The molecule has 2 heterocycles. The van der Waals surface area contributed by atoms with Gasteiger partial charge in [-0.05, 0) is 50.0 Å². The number of hydrogen-bond donors (Lipinski definition) is 1. The molecule has 2 N–H and O–H groups in total. The third kappa shape index (κ3) is 2.76. The van der Waals surface area contributed by atoms with Gasteiger partial charge in [0.2, 0.25) is 0 Å². The Labute approximate surface area is 91.3 Å². The third-order valence-corrected chi connectivity index (χ3v) is 3.24. The second-order valence-electron chi connectivity index (χ2n) is 4.53. The normalized spacial score (nSPS) is 27.9. The minimum atomic E-state index is 0.356. The maximum atomic E-state index is 6.15. The highest BCUT2D eigenvalue weighted by Crippen LogP contribution is 2.18. The van der Waals surface area contributed by atoms with Gasteiger partial charge in [-0.2, -0.15) is 0 Å². The molecule has 2 rings (SSSR count). The molecule has 1 aromatic rings. The number of rotatable bonds is 2. The Hall–Kier alpha value is -0.930. The van der Waals surface area contributed by atoms with Gasteiger partial charge in [-0.15, -0.1) is 0 Å². The lowest BCUT2D eigenvalue weighted by atomic mass is 9.88. The Morgan fingerprint density at radius 2 is 2.20 bits per heavy atom. The zero-order chi connectivity index (χ0) is 10.7. The quantitative estimate of drug-likeness (QED) is 0.780. The van der Waals surface area contributed by atoms with E-state index in [1.807, 2.05) is 12.4 Å². The number of hydrogen-bond acceptors (Lipinski definition) is 3. The van der Waals surface area contributed by atoms with E-state index in [0.29, 0.717) is 12.0 Å². The summed E-state index contributed by atoms with van der Waals surface area (Å²) >= 11 is 0. The van der Waals surface area contributed by atoms with E-state index < -0.39 is 0 Å². The van der Waals surface area contributed by atoms with E-state index >= 15 is 0 Å². The molecule has 1 aliphatic heterocycles. The second kappa shape index (κ2) is 4.73. The molecule has 0 aromatic carbocycles. The first-order valence-electron chi connectivity index (χ1n) is 5.59. The minimum Gasteiger partial charge on any atom is -0.327 e. The molecular formula is C12H19N3. The molecule has 82 valence electrons. The number of pyridine rings is 1. The first kappa shape index (κ1) is 10.6. The van der Waals surface area contributed by atoms with Crippen molar-refractivity contribution in [1.82, 2.24) is 9.88 Å². The van der Waals surface area contributed by atoms with Crippen molar-refractivity contribution in [2.75, 3.05) is 20.1 Å². The predicted octanol–water partition coefficient (Wildman–Crippen LogP) is 0.903. The van der Waals surface area contributed by atoms with Crippen LogP contribution >= 0.6 is 0 Å². The molecule has 3 heteroatoms. The summed E-state index contributed by atoms with van der Waals surface area (Å²) in [6.45, 7) is 2.25. The lowest BCUT2D eigenvalue weighted by Gasteiger charge is -2.34. The van der Waals surface area contributed by atoms with Crippen LogP contribution in [0.5, 0.6) is 0 Å². The molecule has 0 aliphatic carbocycles. The number of nitrogens with zero attached hydrogens (tertiary/aromatic N) is 2. The van der Waals surface area contributed by atoms with Crippen LogP contribution in [0.25, 0.3) is 0 Å². The molecule has 0 radical (unpaired) electrons. The Kier molecular flexibility index (Phi) is 3.34. The standard InChI is InChI=1S/C12H19N3/c1-15-7-4-12(13)11(9-15)8-10-2-5-14-6-3-10/h2-3,5-6,11-12H,4,7-9,13H2,1H3/t11-,12+/m1/s1. The van der Waals surface area contributed by atoms with Gasteiger partial charge in [0.15, 0.2) is 0 Å². The van der Waals surface area contributed by atoms with Crippen LogP contribution in [-0.2, 0) is 6.42 Å². The van der Waals surface area contributed by atoms with Crippen LogP contribution in [0.4, 0.5) is 0 Å². The molecule has 0 unspecified atom stereocenters. The summed E-state index contributed by atoms with van der Waals surface area (Å²) < 4.78 is 0. The number of piperidine rings is 1. The van der Waals surface area contributed by atoms with E-state index in [-0.39, 0.29) is 0 Å². The molecule has 1 fully saturated rings. The number of likely N-dealkylation sites (tertiary alicyclic amines) is 1. The van der Waals surface area contributed by atoms with Gasteiger partial charge in [0.25, 0.3) is 0 Å². The van der Waals surface area contributed by atoms with Gasteiger partial charge in [-0.25, -0.2) is 0 Å². The highest BCUT2D eigenvalue weighted by Gasteiger charge is 2.24. The van der Waals surface area contributed by atoms with Crippen molar-refractivity contribution in [3.8, 4) is 0 Å². The van der Waals surface area contributed by atoms with Gasteiger partial charge in [0, 0.05) is 25.0 Å². The summed E-state index contributed by atoms with van der Waals surface area (Å²) in [5.74, 6) is 0.589. The molecule has 0 saturated carbocycles. The summed E-state index contributed by atoms with van der Waals surface area (Å²) in [6.07, 6.45) is 5.90. The zero-order valence-electron chi connectivity index (χ0n) is 9.26. The summed E-state index contributed by atoms with van der Waals surface area (Å²) in [6, 6.07) is 4.53. The topological polar surface area (TPSA) is 42.1 Å². The predicted molar refractivity (Wildman–Crippen MR) is 61.5 cm³/mol. The number of aromatic nitrogens is 1. The van der Waals surface area contributed by atoms with Gasteiger partial charge >= 0.3 is 0 Å². The minimum absolute atomic E-state index is 0.356. The molecular weight excluding hydrogens is 186 g/mol. The Bertz CT molecular complexity index is 299. The second-order valence-corrected chi connectivity index (χ2v) is 4.53. The SMILES string of the molecule is CN1CC[C@H](N)[C@H](Cc2ccncc2)C1. The molecule has 15 heavy (non-hydrogen) atoms. The maximum Gasteiger partial charge on any atom is 0.0270 e. The fraction of sp³-hybridized carbons (Fsp3) is 0.583. The van der Waals surface area contributed by atoms with Gasteiger partial charge in [0.05, 0.1) is 0 Å². The van der Waals surface area contributed by atoms with Crippen molar-refractivity contribution in [3.05, 3.63) is 30.1 Å². The fourth-order valence-electron chi connectivity index (χ4n) is 2.27. The fourth-order valence-corrected chi connectivity index (χ4v) is 2.27. The van der Waals surface area contributed by atoms with Crippen molar-refractivity contribution in [1.29, 1.82) is 0 Å². The lowest BCUT2D eigenvalue weighted by molar-refractivity contribution is 0.185. The van der Waals surface area contributed by atoms with Gasteiger partial charge < -0.3 is 10.6 Å². The smallest absolute Gasteiger partial charge is 0.0270 e. The van der Waals surface area contributed by atoms with Gasteiger partial charge in [-0.3, -0.25) is 4.98 Å². The van der Waals surface area contributed by atoms with E-state index in [1.165, 1.54) is 5.56 Å². The molecule has 0 bridgehead atoms. The van der Waals surface area contributed by atoms with Crippen molar-refractivity contribution in [2.45, 2.75) is 18.9 Å². The van der Waals surface area contributed by atoms with Gasteiger partial charge in [0.1, 0.15) is 0 Å². The monoisotopic (exact) mass is 205 g/mol. The lowest BCUT2D eigenvalue weighted by Crippen LogP contribution is -2.46. The van der Waals surface area contributed by atoms with Crippen LogP contribution in [-0.4, -0.2) is 36.1 Å². The van der Waals surface area contributed by atoms with E-state index in [4.69, 9.17) is 5.73 Å². The van der Waals surface area contributed by atoms with E-state index in [9.17, 15) is 0 Å². The molecule has 0 amide bonds. The highest BCUT2D eigenvalue weighted by atomic mass is 15.1. The summed E-state index contributed by atoms with van der Waals surface area (Å²) in [7, 11) is 2.17. The van der Waals surface area contributed by atoms with Crippen molar-refractivity contribution in [2.24, 2.45) is 11.7 Å². The molecule has 3 nitrogen and oxygen atoms in total. The third-order valence-electron chi connectivity index (χ3n) is 3.24. The van der Waals surface area contributed by atoms with Crippen molar-refractivity contribution < 1.29 is 0 Å². The average Bonchev–Trinajstić information content (AvgIpc) is 2.25. The van der Waals surface area contributed by atoms with Crippen LogP contribution < -0.4 is 5.73 Å². The van der Waals surface area contributed by atoms with Crippen LogP contribution in [0, 0.1) is 5.92 Å². The summed E-state index contributed by atoms with van der Waals surface area (Å²) in [4.78, 5) is 6.40. The highest BCUT2D eigenvalue weighted by molar-refractivity contribution is 5.11. The Balaban J connectivity index is 1.98. The first-order chi connectivity index (χ1) is 7.25. The van der Waals surface area contributed by atoms with E-state index in [0.717, 1.165) is 25.9 Å². The average molecular weight is 205 g/mol. The van der Waals surface area contributed by atoms with Crippen LogP contribution in [0.1, 0.15) is 12.0 Å². The van der Waals surface area contributed by atoms with Crippen LogP contribution in [0.2, 0.25) is 0 Å². The number of nitrogens with two attached hydrogens (primary N) is 1. The maximum absolute atomic E-state index is 6.15. The van der Waals surface area contributed by atoms with Gasteiger partial charge in [-0.1, -0.05) is 0 Å².